The lowest BCUT2D eigenvalue weighted by Gasteiger charge is -2.29. The van der Waals surface area contributed by atoms with E-state index >= 15 is 0 Å². The van der Waals surface area contributed by atoms with Crippen LogP contribution in [0.25, 0.3) is 0 Å². The summed E-state index contributed by atoms with van der Waals surface area (Å²) in [6, 6.07) is 23.9. The monoisotopic (exact) mass is 447 g/mol. The quantitative estimate of drug-likeness (QED) is 0.553. The number of anilines is 3. The molecule has 2 amide bonds. The second-order valence-corrected chi connectivity index (χ2v) is 8.51. The molecule has 0 aliphatic carbocycles. The number of hydrogen-bond acceptors (Lipinski definition) is 5. The van der Waals surface area contributed by atoms with E-state index in [9.17, 15) is 9.59 Å². The highest BCUT2D eigenvalue weighted by atomic mass is 35.5. The van der Waals surface area contributed by atoms with Crippen molar-refractivity contribution in [2.24, 2.45) is 5.92 Å². The van der Waals surface area contributed by atoms with Crippen molar-refractivity contribution < 1.29 is 14.4 Å². The number of benzene rings is 3. The van der Waals surface area contributed by atoms with Crippen LogP contribution in [-0.2, 0) is 14.4 Å². The summed E-state index contributed by atoms with van der Waals surface area (Å²) in [4.78, 5) is 36.3. The molecule has 2 heterocycles. The van der Waals surface area contributed by atoms with E-state index in [0.29, 0.717) is 10.7 Å². The van der Waals surface area contributed by atoms with Gasteiger partial charge in [0.15, 0.2) is 6.10 Å². The Kier molecular flexibility index (Phi) is 5.12. The van der Waals surface area contributed by atoms with Crippen LogP contribution in [0.3, 0.4) is 0 Å². The third kappa shape index (κ3) is 3.23. The van der Waals surface area contributed by atoms with E-state index in [1.807, 2.05) is 73.6 Å². The molecule has 6 nitrogen and oxygen atoms in total. The summed E-state index contributed by atoms with van der Waals surface area (Å²) < 4.78 is 0. The summed E-state index contributed by atoms with van der Waals surface area (Å²) in [5.74, 6) is -1.40. The first kappa shape index (κ1) is 20.5. The maximum Gasteiger partial charge on any atom is 0.266 e. The predicted molar refractivity (Wildman–Crippen MR) is 125 cm³/mol. The van der Waals surface area contributed by atoms with Crippen LogP contribution in [0.15, 0.2) is 78.9 Å². The van der Waals surface area contributed by atoms with Crippen LogP contribution >= 0.6 is 11.6 Å². The average molecular weight is 448 g/mol. The Morgan fingerprint density at radius 2 is 1.50 bits per heavy atom. The zero-order chi connectivity index (χ0) is 22.4. The van der Waals surface area contributed by atoms with Crippen LogP contribution in [0, 0.1) is 5.92 Å². The second kappa shape index (κ2) is 7.97. The molecule has 3 aromatic rings. The zero-order valence-corrected chi connectivity index (χ0v) is 18.4. The van der Waals surface area contributed by atoms with E-state index in [-0.39, 0.29) is 5.91 Å². The van der Waals surface area contributed by atoms with Gasteiger partial charge in [-0.2, -0.15) is 0 Å². The Balaban J connectivity index is 1.58. The van der Waals surface area contributed by atoms with Gasteiger partial charge in [0.1, 0.15) is 5.92 Å². The maximum absolute atomic E-state index is 13.6. The van der Waals surface area contributed by atoms with Crippen LogP contribution < -0.4 is 14.9 Å². The number of carbonyl (C=O) groups excluding carboxylic acids is 2. The van der Waals surface area contributed by atoms with Crippen LogP contribution in [-0.4, -0.2) is 32.0 Å². The molecule has 162 valence electrons. The molecule has 3 atom stereocenters. The van der Waals surface area contributed by atoms with Crippen molar-refractivity contribution in [3.8, 4) is 0 Å². The van der Waals surface area contributed by atoms with E-state index < -0.39 is 24.0 Å². The Morgan fingerprint density at radius 1 is 0.844 bits per heavy atom. The average Bonchev–Trinajstić information content (AvgIpc) is 3.31. The molecule has 7 heteroatoms. The van der Waals surface area contributed by atoms with Gasteiger partial charge in [-0.3, -0.25) is 14.4 Å². The number of imide groups is 1. The van der Waals surface area contributed by atoms with Crippen molar-refractivity contribution in [1.29, 1.82) is 0 Å². The van der Waals surface area contributed by atoms with Crippen molar-refractivity contribution in [3.63, 3.8) is 0 Å². The molecule has 32 heavy (non-hydrogen) atoms. The number of halogens is 1. The summed E-state index contributed by atoms with van der Waals surface area (Å²) in [5, 5.41) is 2.04. The molecule has 0 saturated carbocycles. The van der Waals surface area contributed by atoms with Gasteiger partial charge < -0.3 is 4.90 Å². The SMILES string of the molecule is CN(C)c1ccc([C@@H]2[C@@H]3C(=O)N(c4ccccc4Cl)C(=O)[C@H]3ON2c2ccccc2)cc1. The molecule has 0 spiro atoms. The number of hydrogen-bond donors (Lipinski definition) is 0. The number of nitrogens with zero attached hydrogens (tertiary/aromatic N) is 3. The number of rotatable bonds is 4. The third-order valence-electron chi connectivity index (χ3n) is 5.97. The maximum atomic E-state index is 13.6. The molecular weight excluding hydrogens is 426 g/mol. The lowest BCUT2D eigenvalue weighted by Crippen LogP contribution is -2.37. The van der Waals surface area contributed by atoms with Gasteiger partial charge in [0.05, 0.1) is 22.4 Å². The first-order valence-corrected chi connectivity index (χ1v) is 10.8. The first-order chi connectivity index (χ1) is 15.5. The van der Waals surface area contributed by atoms with Crippen LogP contribution in [0.1, 0.15) is 11.6 Å². The van der Waals surface area contributed by atoms with E-state index in [4.69, 9.17) is 16.4 Å². The lowest BCUT2D eigenvalue weighted by atomic mass is 9.90. The second-order valence-electron chi connectivity index (χ2n) is 8.11. The fourth-order valence-electron chi connectivity index (χ4n) is 4.39. The summed E-state index contributed by atoms with van der Waals surface area (Å²) in [6.07, 6.45) is -0.919. The zero-order valence-electron chi connectivity index (χ0n) is 17.7. The van der Waals surface area contributed by atoms with Crippen molar-refractivity contribution in [2.75, 3.05) is 29.0 Å². The standard InChI is InChI=1S/C25H22ClN3O3/c1-27(2)17-14-12-16(13-15-17)22-21-23(32-29(22)18-8-4-3-5-9-18)25(31)28(24(21)30)20-11-7-6-10-19(20)26/h3-15,21-23H,1-2H3/t21-,22+,23-/m0/s1. The highest BCUT2D eigenvalue weighted by Gasteiger charge is 2.60. The number of hydroxylamine groups is 1. The van der Waals surface area contributed by atoms with Crippen molar-refractivity contribution in [1.82, 2.24) is 0 Å². The summed E-state index contributed by atoms with van der Waals surface area (Å²) >= 11 is 6.31. The molecule has 0 unspecified atom stereocenters. The van der Waals surface area contributed by atoms with Gasteiger partial charge in [-0.05, 0) is 42.0 Å². The fourth-order valence-corrected chi connectivity index (χ4v) is 4.61. The number of fused-ring (bicyclic) bond motifs is 1. The molecule has 2 fully saturated rings. The van der Waals surface area contributed by atoms with Gasteiger partial charge in [0, 0.05) is 19.8 Å². The highest BCUT2D eigenvalue weighted by Crippen LogP contribution is 2.48. The Labute approximate surface area is 191 Å². The summed E-state index contributed by atoms with van der Waals surface area (Å²) in [7, 11) is 3.95. The van der Waals surface area contributed by atoms with Gasteiger partial charge in [0.2, 0.25) is 5.91 Å². The summed E-state index contributed by atoms with van der Waals surface area (Å²) in [6.45, 7) is 0. The Morgan fingerprint density at radius 3 is 2.16 bits per heavy atom. The topological polar surface area (TPSA) is 53.1 Å². The van der Waals surface area contributed by atoms with E-state index in [2.05, 4.69) is 0 Å². The van der Waals surface area contributed by atoms with E-state index in [1.165, 1.54) is 4.90 Å². The smallest absolute Gasteiger partial charge is 0.266 e. The fraction of sp³-hybridized carbons (Fsp3) is 0.200. The van der Waals surface area contributed by atoms with Crippen LogP contribution in [0.2, 0.25) is 5.02 Å². The molecule has 2 aliphatic rings. The van der Waals surface area contributed by atoms with Crippen molar-refractivity contribution in [2.45, 2.75) is 12.1 Å². The number of amides is 2. The molecular formula is C25H22ClN3O3. The predicted octanol–water partition coefficient (Wildman–Crippen LogP) is 4.46. The van der Waals surface area contributed by atoms with Gasteiger partial charge in [-0.25, -0.2) is 9.96 Å². The Bertz CT molecular complexity index is 1170. The molecule has 0 aromatic heterocycles. The minimum absolute atomic E-state index is 0.312. The molecule has 0 radical (unpaired) electrons. The summed E-state index contributed by atoms with van der Waals surface area (Å²) in [5.41, 5.74) is 3.11. The molecule has 0 bridgehead atoms. The normalized spacial score (nSPS) is 22.4. The first-order valence-electron chi connectivity index (χ1n) is 10.4. The Hall–Kier alpha value is -3.35. The van der Waals surface area contributed by atoms with Crippen molar-refractivity contribution in [3.05, 3.63) is 89.4 Å². The largest absolute Gasteiger partial charge is 0.378 e. The number of para-hydroxylation sites is 2. The van der Waals surface area contributed by atoms with Gasteiger partial charge in [-0.15, -0.1) is 0 Å². The minimum atomic E-state index is -0.919. The van der Waals surface area contributed by atoms with E-state index in [0.717, 1.165) is 16.9 Å². The van der Waals surface area contributed by atoms with Gasteiger partial charge >= 0.3 is 0 Å². The molecule has 2 aliphatic heterocycles. The van der Waals surface area contributed by atoms with E-state index in [1.54, 1.807) is 29.3 Å². The third-order valence-corrected chi connectivity index (χ3v) is 6.29. The number of carbonyl (C=O) groups is 2. The molecule has 3 aromatic carbocycles. The van der Waals surface area contributed by atoms with Gasteiger partial charge in [-0.1, -0.05) is 54.1 Å². The molecule has 0 N–H and O–H groups in total. The van der Waals surface area contributed by atoms with Gasteiger partial charge in [0.25, 0.3) is 5.91 Å². The molecule has 5 rings (SSSR count). The lowest BCUT2D eigenvalue weighted by molar-refractivity contribution is -0.126. The highest BCUT2D eigenvalue weighted by molar-refractivity contribution is 6.36. The van der Waals surface area contributed by atoms with Crippen LogP contribution in [0.5, 0.6) is 0 Å². The van der Waals surface area contributed by atoms with Crippen LogP contribution in [0.4, 0.5) is 17.1 Å². The molecule has 2 saturated heterocycles. The van der Waals surface area contributed by atoms with Crippen molar-refractivity contribution >= 4 is 40.5 Å². The minimum Gasteiger partial charge on any atom is -0.378 e.